The van der Waals surface area contributed by atoms with E-state index in [1.165, 1.54) is 0 Å². The molecule has 3 unspecified atom stereocenters. The molecule has 1 spiro atoms. The monoisotopic (exact) mass is 632 g/mol. The van der Waals surface area contributed by atoms with Gasteiger partial charge in [0.2, 0.25) is 0 Å². The molecule has 3 atom stereocenters. The summed E-state index contributed by atoms with van der Waals surface area (Å²) in [6, 6.07) is 11.2. The summed E-state index contributed by atoms with van der Waals surface area (Å²) < 4.78 is 29.2. The first kappa shape index (κ1) is 32.8. The zero-order chi connectivity index (χ0) is 32.7. The quantitative estimate of drug-likeness (QED) is 0.102. The van der Waals surface area contributed by atoms with Crippen molar-refractivity contribution >= 4 is 17.6 Å². The maximum absolute atomic E-state index is 13.7. The number of ether oxygens (including phenoxy) is 5. The first-order chi connectivity index (χ1) is 22.3. The number of nitrogens with one attached hydrogen (secondary N) is 1. The summed E-state index contributed by atoms with van der Waals surface area (Å²) in [7, 11) is 7.86. The van der Waals surface area contributed by atoms with Crippen LogP contribution in [0.15, 0.2) is 65.4 Å². The van der Waals surface area contributed by atoms with Gasteiger partial charge >= 0.3 is 5.97 Å². The molecule has 0 aromatic heterocycles. The summed E-state index contributed by atoms with van der Waals surface area (Å²) in [5.74, 6) is -0.650. The molecular weight excluding hydrogens is 592 g/mol. The van der Waals surface area contributed by atoms with Gasteiger partial charge in [-0.1, -0.05) is 23.3 Å². The SMILES string of the molecule is CN(C)C1=CC2Oc3cc(N(C)C)ccc3C3(OC(=O)c4c(C(=O)NCCOCCOCCOCCN=[N+]=[N-])cccc43)C2C=C1. The van der Waals surface area contributed by atoms with E-state index < -0.39 is 17.7 Å². The minimum atomic E-state index is -1.17. The van der Waals surface area contributed by atoms with Crippen molar-refractivity contribution in [3.8, 4) is 5.75 Å². The van der Waals surface area contributed by atoms with Gasteiger partial charge in [0.25, 0.3) is 5.91 Å². The number of amides is 1. The van der Waals surface area contributed by atoms with Gasteiger partial charge in [-0.15, -0.1) is 0 Å². The lowest BCUT2D eigenvalue weighted by molar-refractivity contribution is -0.0421. The summed E-state index contributed by atoms with van der Waals surface area (Å²) in [6.07, 6.45) is 5.70. The molecule has 5 rings (SSSR count). The van der Waals surface area contributed by atoms with Gasteiger partial charge in [0.1, 0.15) is 11.9 Å². The molecule has 2 aromatic carbocycles. The minimum absolute atomic E-state index is 0.251. The maximum Gasteiger partial charge on any atom is 0.340 e. The Morgan fingerprint density at radius 1 is 1.00 bits per heavy atom. The standard InChI is InChI=1S/C33H40N6O7/c1-38(2)22-8-10-25-28(20-22)45-29-21-23(39(3)4)9-11-26(29)33(25)27-7-5-6-24(30(27)32(41)46-33)31(40)35-12-14-42-16-18-44-19-17-43-15-13-36-37-34/h5-11,20-21,25,28H,12-19H2,1-4H3,(H,35,40). The second kappa shape index (κ2) is 14.7. The lowest BCUT2D eigenvalue weighted by Crippen LogP contribution is -2.48. The van der Waals surface area contributed by atoms with Crippen LogP contribution in [-0.2, 0) is 24.5 Å². The van der Waals surface area contributed by atoms with Gasteiger partial charge in [-0.2, -0.15) is 0 Å². The number of hydrogen-bond acceptors (Lipinski definition) is 10. The Hall–Kier alpha value is -4.55. The fourth-order valence-electron chi connectivity index (χ4n) is 5.93. The van der Waals surface area contributed by atoms with Crippen LogP contribution in [-0.4, -0.2) is 104 Å². The Balaban J connectivity index is 1.28. The van der Waals surface area contributed by atoms with Crippen LogP contribution in [0.1, 0.15) is 31.8 Å². The number of allylic oxidation sites excluding steroid dienone is 1. The van der Waals surface area contributed by atoms with Crippen LogP contribution in [0.5, 0.6) is 5.75 Å². The van der Waals surface area contributed by atoms with Crippen molar-refractivity contribution in [1.82, 2.24) is 10.2 Å². The highest BCUT2D eigenvalue weighted by Gasteiger charge is 2.59. The second-order valence-electron chi connectivity index (χ2n) is 11.4. The third kappa shape index (κ3) is 6.68. The van der Waals surface area contributed by atoms with E-state index in [0.29, 0.717) is 44.3 Å². The number of benzene rings is 2. The van der Waals surface area contributed by atoms with Gasteiger partial charge in [-0.05, 0) is 35.9 Å². The summed E-state index contributed by atoms with van der Waals surface area (Å²) in [4.78, 5) is 33.8. The van der Waals surface area contributed by atoms with Crippen LogP contribution in [0, 0.1) is 5.92 Å². The Kier molecular flexibility index (Phi) is 10.5. The van der Waals surface area contributed by atoms with E-state index in [0.717, 1.165) is 16.9 Å². The van der Waals surface area contributed by atoms with Gasteiger partial charge in [-0.3, -0.25) is 4.79 Å². The molecule has 2 aliphatic heterocycles. The van der Waals surface area contributed by atoms with Crippen molar-refractivity contribution < 1.29 is 33.3 Å². The van der Waals surface area contributed by atoms with E-state index in [2.05, 4.69) is 15.3 Å². The predicted octanol–water partition coefficient (Wildman–Crippen LogP) is 3.65. The molecule has 13 heteroatoms. The molecule has 0 radical (unpaired) electrons. The smallest absolute Gasteiger partial charge is 0.340 e. The van der Waals surface area contributed by atoms with Crippen LogP contribution in [0.2, 0.25) is 0 Å². The van der Waals surface area contributed by atoms with Gasteiger partial charge in [-0.25, -0.2) is 4.79 Å². The number of anilines is 1. The van der Waals surface area contributed by atoms with Crippen LogP contribution < -0.4 is 15.0 Å². The van der Waals surface area contributed by atoms with Crippen molar-refractivity contribution in [3.05, 3.63) is 93.0 Å². The van der Waals surface area contributed by atoms with Crippen LogP contribution >= 0.6 is 0 Å². The first-order valence-corrected chi connectivity index (χ1v) is 15.2. The van der Waals surface area contributed by atoms with Crippen LogP contribution in [0.25, 0.3) is 10.4 Å². The summed E-state index contributed by atoms with van der Waals surface area (Å²) in [6.45, 7) is 2.66. The van der Waals surface area contributed by atoms with Crippen molar-refractivity contribution in [2.75, 3.05) is 85.8 Å². The van der Waals surface area contributed by atoms with Crippen molar-refractivity contribution in [2.24, 2.45) is 11.0 Å². The molecule has 0 bridgehead atoms. The lowest BCUT2D eigenvalue weighted by Gasteiger charge is -2.45. The molecule has 2 heterocycles. The molecule has 0 fully saturated rings. The van der Waals surface area contributed by atoms with E-state index in [-0.39, 0.29) is 42.6 Å². The zero-order valence-electron chi connectivity index (χ0n) is 26.6. The average molecular weight is 633 g/mol. The minimum Gasteiger partial charge on any atom is -0.485 e. The number of azide groups is 1. The zero-order valence-corrected chi connectivity index (χ0v) is 26.6. The molecule has 0 saturated heterocycles. The number of hydrogen-bond donors (Lipinski definition) is 1. The summed E-state index contributed by atoms with van der Waals surface area (Å²) in [5, 5.41) is 6.25. The van der Waals surface area contributed by atoms with Crippen molar-refractivity contribution in [1.29, 1.82) is 0 Å². The molecule has 0 saturated carbocycles. The normalized spacial score (nSPS) is 20.4. The molecule has 3 aliphatic rings. The van der Waals surface area contributed by atoms with Crippen LogP contribution in [0.4, 0.5) is 5.69 Å². The van der Waals surface area contributed by atoms with E-state index >= 15 is 0 Å². The predicted molar refractivity (Wildman–Crippen MR) is 171 cm³/mol. The van der Waals surface area contributed by atoms with Gasteiger partial charge < -0.3 is 38.8 Å². The number of fused-ring (bicyclic) bond motifs is 6. The van der Waals surface area contributed by atoms with E-state index in [9.17, 15) is 9.59 Å². The Morgan fingerprint density at radius 3 is 2.46 bits per heavy atom. The Labute approximate surface area is 268 Å². The van der Waals surface area contributed by atoms with Gasteiger partial charge in [0.15, 0.2) is 5.60 Å². The maximum atomic E-state index is 13.7. The fraction of sp³-hybridized carbons (Fsp3) is 0.455. The summed E-state index contributed by atoms with van der Waals surface area (Å²) in [5.41, 5.74) is 10.9. The largest absolute Gasteiger partial charge is 0.485 e. The average Bonchev–Trinajstić information content (AvgIpc) is 3.35. The molecule has 1 amide bonds. The number of rotatable bonds is 15. The molecule has 244 valence electrons. The number of carbonyl (C=O) groups excluding carboxylic acids is 2. The first-order valence-electron chi connectivity index (χ1n) is 15.2. The third-order valence-corrected chi connectivity index (χ3v) is 8.14. The number of carbonyl (C=O) groups is 2. The molecule has 1 N–H and O–H groups in total. The van der Waals surface area contributed by atoms with Crippen molar-refractivity contribution in [3.63, 3.8) is 0 Å². The van der Waals surface area contributed by atoms with Gasteiger partial charge in [0.05, 0.1) is 56.7 Å². The van der Waals surface area contributed by atoms with E-state index in [1.807, 2.05) is 80.5 Å². The molecular formula is C33H40N6O7. The fourth-order valence-corrected chi connectivity index (χ4v) is 5.93. The third-order valence-electron chi connectivity index (χ3n) is 8.14. The molecule has 2 aromatic rings. The summed E-state index contributed by atoms with van der Waals surface area (Å²) >= 11 is 0. The Bertz CT molecular complexity index is 1550. The van der Waals surface area contributed by atoms with Crippen molar-refractivity contribution in [2.45, 2.75) is 11.7 Å². The lowest BCUT2D eigenvalue weighted by atomic mass is 9.69. The topological polar surface area (TPSA) is 148 Å². The van der Waals surface area contributed by atoms with E-state index in [4.69, 9.17) is 29.2 Å². The molecule has 46 heavy (non-hydrogen) atoms. The van der Waals surface area contributed by atoms with Gasteiger partial charge in [0, 0.05) is 74.8 Å². The number of likely N-dealkylation sites (N-methyl/N-ethyl adjacent to an activating group) is 1. The van der Waals surface area contributed by atoms with E-state index in [1.54, 1.807) is 12.1 Å². The highest BCUT2D eigenvalue weighted by atomic mass is 16.6. The second-order valence-corrected chi connectivity index (χ2v) is 11.4. The molecule has 1 aliphatic carbocycles. The Morgan fingerprint density at radius 2 is 1.74 bits per heavy atom. The van der Waals surface area contributed by atoms with Crippen LogP contribution in [0.3, 0.4) is 0 Å². The number of nitrogens with zero attached hydrogens (tertiary/aromatic N) is 5. The molecule has 13 nitrogen and oxygen atoms in total. The highest BCUT2D eigenvalue weighted by molar-refractivity contribution is 6.08. The number of esters is 1. The highest BCUT2D eigenvalue weighted by Crippen LogP contribution is 2.56.